The second-order valence-electron chi connectivity index (χ2n) is 10.2. The molecule has 8 nitrogen and oxygen atoms in total. The summed E-state index contributed by atoms with van der Waals surface area (Å²) in [5, 5.41) is 6.52. The fourth-order valence-corrected chi connectivity index (χ4v) is 5.52. The van der Waals surface area contributed by atoms with Crippen LogP contribution in [0.25, 0.3) is 17.1 Å². The van der Waals surface area contributed by atoms with Gasteiger partial charge in [-0.25, -0.2) is 27.6 Å². The highest BCUT2D eigenvalue weighted by Gasteiger charge is 2.31. The third-order valence-electron chi connectivity index (χ3n) is 6.71. The Hall–Kier alpha value is -4.53. The van der Waals surface area contributed by atoms with E-state index >= 15 is 4.39 Å². The molecule has 1 N–H and O–H groups in total. The lowest BCUT2D eigenvalue weighted by atomic mass is 10.0. The summed E-state index contributed by atoms with van der Waals surface area (Å²) in [4.78, 5) is 22.4. The lowest BCUT2D eigenvalue weighted by Gasteiger charge is -2.23. The number of alkyl halides is 5. The van der Waals surface area contributed by atoms with Gasteiger partial charge in [-0.1, -0.05) is 49.9 Å². The average Bonchev–Trinajstić information content (AvgIpc) is 3.67. The highest BCUT2D eigenvalue weighted by atomic mass is 32.2. The predicted octanol–water partition coefficient (Wildman–Crippen LogP) is 7.72. The fourth-order valence-electron chi connectivity index (χ4n) is 4.57. The molecule has 4 aromatic rings. The molecular weight excluding hydrogens is 622 g/mol. The number of urea groups is 1. The number of aliphatic imine (C=N–C) groups is 1. The first kappa shape index (κ1) is 31.9. The number of hydrogen-bond donors (Lipinski definition) is 1. The number of nitrogens with zero attached hydrogens (tertiary/aromatic N) is 5. The van der Waals surface area contributed by atoms with E-state index in [0.717, 1.165) is 17.7 Å². The van der Waals surface area contributed by atoms with E-state index in [9.17, 15) is 26.7 Å². The second kappa shape index (κ2) is 13.2. The van der Waals surface area contributed by atoms with E-state index in [2.05, 4.69) is 19.8 Å². The smallest absolute Gasteiger partial charge is 0.406 e. The number of halogens is 6. The number of amidine groups is 1. The third kappa shape index (κ3) is 7.77. The predicted molar refractivity (Wildman–Crippen MR) is 158 cm³/mol. The van der Waals surface area contributed by atoms with Crippen LogP contribution in [0.4, 0.5) is 36.8 Å². The SMILES string of the molecule is CC(C)c1cc(F)ccc1N1CCSC1=NC(=O)NC(F)C(F)c1ccc(-c2ncn(-c3ccc(OC(F)(F)F)cc3)n2)cc1. The number of carbonyl (C=O) groups is 1. The monoisotopic (exact) mass is 648 g/mol. The molecule has 2 atom stereocenters. The Morgan fingerprint density at radius 2 is 1.76 bits per heavy atom. The summed E-state index contributed by atoms with van der Waals surface area (Å²) >= 11 is 1.28. The summed E-state index contributed by atoms with van der Waals surface area (Å²) < 4.78 is 86.0. The molecule has 1 fully saturated rings. The quantitative estimate of drug-likeness (QED) is 0.156. The van der Waals surface area contributed by atoms with Gasteiger partial charge in [-0.05, 0) is 59.5 Å². The lowest BCUT2D eigenvalue weighted by Crippen LogP contribution is -2.34. The molecule has 0 saturated carbocycles. The van der Waals surface area contributed by atoms with Crippen LogP contribution in [0.1, 0.15) is 37.1 Å². The lowest BCUT2D eigenvalue weighted by molar-refractivity contribution is -0.274. The first-order valence-corrected chi connectivity index (χ1v) is 14.6. The van der Waals surface area contributed by atoms with Crippen molar-refractivity contribution in [2.45, 2.75) is 38.6 Å². The second-order valence-corrected chi connectivity index (χ2v) is 11.2. The molecule has 1 saturated heterocycles. The van der Waals surface area contributed by atoms with Crippen molar-refractivity contribution in [2.75, 3.05) is 17.2 Å². The van der Waals surface area contributed by atoms with Gasteiger partial charge in [-0.2, -0.15) is 4.99 Å². The van der Waals surface area contributed by atoms with Crippen molar-refractivity contribution in [3.8, 4) is 22.8 Å². The van der Waals surface area contributed by atoms with Crippen LogP contribution in [0.5, 0.6) is 5.75 Å². The Kier molecular flexibility index (Phi) is 9.37. The molecule has 1 aliphatic rings. The van der Waals surface area contributed by atoms with Gasteiger partial charge in [0, 0.05) is 23.5 Å². The van der Waals surface area contributed by atoms with Crippen molar-refractivity contribution in [1.29, 1.82) is 0 Å². The zero-order valence-corrected chi connectivity index (χ0v) is 24.6. The Labute approximate surface area is 258 Å². The summed E-state index contributed by atoms with van der Waals surface area (Å²) in [5.41, 5.74) is 2.25. The number of amides is 2. The number of anilines is 1. The van der Waals surface area contributed by atoms with Crippen molar-refractivity contribution in [3.05, 3.63) is 90.0 Å². The van der Waals surface area contributed by atoms with Gasteiger partial charge in [-0.15, -0.1) is 18.3 Å². The van der Waals surface area contributed by atoms with Crippen LogP contribution in [-0.2, 0) is 0 Å². The van der Waals surface area contributed by atoms with Crippen molar-refractivity contribution in [3.63, 3.8) is 0 Å². The third-order valence-corrected chi connectivity index (χ3v) is 7.67. The highest BCUT2D eigenvalue weighted by molar-refractivity contribution is 8.14. The first-order chi connectivity index (χ1) is 21.4. The van der Waals surface area contributed by atoms with Crippen molar-refractivity contribution in [1.82, 2.24) is 20.1 Å². The maximum Gasteiger partial charge on any atom is 0.573 e. The van der Waals surface area contributed by atoms with E-state index in [1.54, 1.807) is 11.0 Å². The largest absolute Gasteiger partial charge is 0.573 e. The van der Waals surface area contributed by atoms with E-state index in [-0.39, 0.29) is 28.9 Å². The summed E-state index contributed by atoms with van der Waals surface area (Å²) in [5.74, 6) is 0.0653. The molecular formula is C30H26F6N6O2S. The molecule has 2 unspecified atom stereocenters. The van der Waals surface area contributed by atoms with Crippen LogP contribution in [0, 0.1) is 5.82 Å². The van der Waals surface area contributed by atoms with Gasteiger partial charge in [0.15, 0.2) is 17.2 Å². The van der Waals surface area contributed by atoms with Crippen LogP contribution in [0.2, 0.25) is 0 Å². The Balaban J connectivity index is 1.22. The van der Waals surface area contributed by atoms with Gasteiger partial charge >= 0.3 is 12.4 Å². The normalized spacial score (nSPS) is 15.8. The number of carbonyl (C=O) groups excluding carboxylic acids is 1. The molecule has 1 aliphatic heterocycles. The molecule has 0 radical (unpaired) electrons. The number of nitrogens with one attached hydrogen (secondary N) is 1. The van der Waals surface area contributed by atoms with Gasteiger partial charge in [0.1, 0.15) is 17.9 Å². The van der Waals surface area contributed by atoms with Crippen molar-refractivity contribution in [2.24, 2.45) is 4.99 Å². The maximum atomic E-state index is 15.0. The summed E-state index contributed by atoms with van der Waals surface area (Å²) in [6.45, 7) is 4.34. The molecule has 2 amide bonds. The standard InChI is InChI=1S/C30H26F6N6O2S/c1-17(2)23-15-20(31)7-12-24(23)41-13-14-45-29(41)39-28(43)38-26(33)25(32)18-3-5-19(6-4-18)27-37-16-42(40-27)21-8-10-22(11-9-21)44-30(34,35)36/h3-12,15-17,25-26H,13-14H2,1-2H3,(H,38,43). The Bertz CT molecular complexity index is 1680. The summed E-state index contributed by atoms with van der Waals surface area (Å²) in [6.07, 6.45) is -8.07. The number of rotatable bonds is 8. The molecule has 0 bridgehead atoms. The van der Waals surface area contributed by atoms with Crippen LogP contribution >= 0.6 is 11.8 Å². The van der Waals surface area contributed by atoms with E-state index in [4.69, 9.17) is 0 Å². The molecule has 236 valence electrons. The molecule has 0 spiro atoms. The molecule has 45 heavy (non-hydrogen) atoms. The molecule has 15 heteroatoms. The van der Waals surface area contributed by atoms with Crippen molar-refractivity contribution >= 4 is 28.6 Å². The van der Waals surface area contributed by atoms with Crippen molar-refractivity contribution < 1.29 is 35.9 Å². The van der Waals surface area contributed by atoms with Gasteiger partial charge in [-0.3, -0.25) is 0 Å². The molecule has 1 aromatic heterocycles. The Morgan fingerprint density at radius 3 is 2.42 bits per heavy atom. The number of hydrogen-bond acceptors (Lipinski definition) is 5. The molecule has 3 aromatic carbocycles. The minimum atomic E-state index is -4.81. The molecule has 5 rings (SSSR count). The van der Waals surface area contributed by atoms with Gasteiger partial charge in [0.25, 0.3) is 0 Å². The zero-order chi connectivity index (χ0) is 32.3. The van der Waals surface area contributed by atoms with Gasteiger partial charge < -0.3 is 15.0 Å². The fraction of sp³-hybridized carbons (Fsp3) is 0.267. The van der Waals surface area contributed by atoms with Crippen LogP contribution < -0.4 is 15.0 Å². The number of aromatic nitrogens is 3. The molecule has 0 aliphatic carbocycles. The van der Waals surface area contributed by atoms with Gasteiger partial charge in [0.2, 0.25) is 6.30 Å². The van der Waals surface area contributed by atoms with Crippen LogP contribution in [-0.4, -0.2) is 50.9 Å². The van der Waals surface area contributed by atoms with Gasteiger partial charge in [0.05, 0.1) is 5.69 Å². The zero-order valence-electron chi connectivity index (χ0n) is 23.8. The van der Waals surface area contributed by atoms with E-state index in [1.165, 1.54) is 71.3 Å². The summed E-state index contributed by atoms with van der Waals surface area (Å²) in [6, 6.07) is 13.9. The topological polar surface area (TPSA) is 84.6 Å². The Morgan fingerprint density at radius 1 is 1.04 bits per heavy atom. The number of thioether (sulfide) groups is 1. The minimum Gasteiger partial charge on any atom is -0.406 e. The molecule has 2 heterocycles. The van der Waals surface area contributed by atoms with E-state index < -0.39 is 24.9 Å². The minimum absolute atomic E-state index is 0.000669. The van der Waals surface area contributed by atoms with Crippen LogP contribution in [0.3, 0.4) is 0 Å². The van der Waals surface area contributed by atoms with E-state index in [1.807, 2.05) is 19.2 Å². The highest BCUT2D eigenvalue weighted by Crippen LogP contribution is 2.33. The number of benzene rings is 3. The number of ether oxygens (including phenoxy) is 1. The first-order valence-electron chi connectivity index (χ1n) is 13.6. The van der Waals surface area contributed by atoms with Crippen LogP contribution in [0.15, 0.2) is 78.0 Å². The maximum absolute atomic E-state index is 15.0. The van der Waals surface area contributed by atoms with E-state index in [0.29, 0.717) is 34.4 Å². The summed E-state index contributed by atoms with van der Waals surface area (Å²) in [7, 11) is 0. The average molecular weight is 649 g/mol.